The van der Waals surface area contributed by atoms with E-state index in [0.29, 0.717) is 18.0 Å². The molecule has 26 heavy (non-hydrogen) atoms. The van der Waals surface area contributed by atoms with Gasteiger partial charge in [-0.25, -0.2) is 0 Å². The number of halogens is 1. The summed E-state index contributed by atoms with van der Waals surface area (Å²) in [6.07, 6.45) is 3.41. The van der Waals surface area contributed by atoms with Crippen LogP contribution in [0.15, 0.2) is 24.3 Å². The largest absolute Gasteiger partial charge is 0.481 e. The number of nitrogens with zero attached hydrogens (tertiary/aromatic N) is 1. The molecule has 0 aromatic heterocycles. The fourth-order valence-electron chi connectivity index (χ4n) is 3.40. The minimum absolute atomic E-state index is 0.0458. The van der Waals surface area contributed by atoms with Gasteiger partial charge in [-0.2, -0.15) is 0 Å². The SMILES string of the molecule is CC(=O)N[C@@H](CC(=O)N1CCCC[C@@H]1CCC(=O)O)c1ccc(Cl)cc1. The maximum atomic E-state index is 12.9. The molecule has 142 valence electrons. The molecule has 0 bridgehead atoms. The van der Waals surface area contributed by atoms with Gasteiger partial charge in [-0.3, -0.25) is 14.4 Å². The van der Waals surface area contributed by atoms with E-state index < -0.39 is 12.0 Å². The number of piperidine rings is 1. The molecule has 1 fully saturated rings. The van der Waals surface area contributed by atoms with Crippen LogP contribution in [0.3, 0.4) is 0 Å². The number of hydrogen-bond acceptors (Lipinski definition) is 3. The van der Waals surface area contributed by atoms with E-state index >= 15 is 0 Å². The first kappa shape index (κ1) is 20.2. The van der Waals surface area contributed by atoms with Gasteiger partial charge >= 0.3 is 5.97 Å². The van der Waals surface area contributed by atoms with Crippen LogP contribution in [0.25, 0.3) is 0 Å². The van der Waals surface area contributed by atoms with Crippen molar-refractivity contribution in [1.29, 1.82) is 0 Å². The van der Waals surface area contributed by atoms with Gasteiger partial charge in [0.05, 0.1) is 12.5 Å². The van der Waals surface area contributed by atoms with Crippen LogP contribution in [0.2, 0.25) is 5.02 Å². The number of hydrogen-bond donors (Lipinski definition) is 2. The fraction of sp³-hybridized carbons (Fsp3) is 0.526. The molecule has 1 heterocycles. The number of rotatable bonds is 7. The van der Waals surface area contributed by atoms with Crippen LogP contribution in [-0.2, 0) is 14.4 Å². The van der Waals surface area contributed by atoms with E-state index in [1.165, 1.54) is 6.92 Å². The molecule has 6 nitrogen and oxygen atoms in total. The molecular weight excluding hydrogens is 356 g/mol. The molecule has 2 rings (SSSR count). The minimum atomic E-state index is -0.847. The second-order valence-corrected chi connectivity index (χ2v) is 7.11. The maximum absolute atomic E-state index is 12.9. The maximum Gasteiger partial charge on any atom is 0.303 e. The van der Waals surface area contributed by atoms with Crippen molar-refractivity contribution in [2.45, 2.75) is 57.5 Å². The molecule has 1 aromatic carbocycles. The summed E-state index contributed by atoms with van der Waals surface area (Å²) in [6, 6.07) is 6.58. The van der Waals surface area contributed by atoms with Crippen molar-refractivity contribution >= 4 is 29.4 Å². The lowest BCUT2D eigenvalue weighted by Gasteiger charge is -2.36. The highest BCUT2D eigenvalue weighted by Gasteiger charge is 2.29. The fourth-order valence-corrected chi connectivity index (χ4v) is 3.53. The predicted octanol–water partition coefficient (Wildman–Crippen LogP) is 3.15. The van der Waals surface area contributed by atoms with E-state index in [9.17, 15) is 14.4 Å². The smallest absolute Gasteiger partial charge is 0.303 e. The summed E-state index contributed by atoms with van der Waals surface area (Å²) < 4.78 is 0. The van der Waals surface area contributed by atoms with Crippen molar-refractivity contribution in [3.8, 4) is 0 Å². The predicted molar refractivity (Wildman–Crippen MR) is 98.8 cm³/mol. The van der Waals surface area contributed by atoms with Gasteiger partial charge in [0.1, 0.15) is 0 Å². The summed E-state index contributed by atoms with van der Waals surface area (Å²) in [7, 11) is 0. The van der Waals surface area contributed by atoms with Gasteiger partial charge in [-0.05, 0) is 43.4 Å². The van der Waals surface area contributed by atoms with Gasteiger partial charge in [-0.15, -0.1) is 0 Å². The first-order chi connectivity index (χ1) is 12.4. The summed E-state index contributed by atoms with van der Waals surface area (Å²) in [5, 5.41) is 12.3. The summed E-state index contributed by atoms with van der Waals surface area (Å²) in [5.74, 6) is -1.12. The molecule has 0 radical (unpaired) electrons. The molecule has 7 heteroatoms. The highest BCUT2D eigenvalue weighted by atomic mass is 35.5. The zero-order valence-electron chi connectivity index (χ0n) is 14.9. The van der Waals surface area contributed by atoms with Gasteiger partial charge in [-0.1, -0.05) is 23.7 Å². The summed E-state index contributed by atoms with van der Waals surface area (Å²) in [5.41, 5.74) is 0.817. The monoisotopic (exact) mass is 380 g/mol. The van der Waals surface area contributed by atoms with E-state index in [1.54, 1.807) is 29.2 Å². The van der Waals surface area contributed by atoms with E-state index in [0.717, 1.165) is 24.8 Å². The molecule has 0 saturated carbocycles. The quantitative estimate of drug-likeness (QED) is 0.760. The molecule has 1 saturated heterocycles. The first-order valence-electron chi connectivity index (χ1n) is 8.90. The van der Waals surface area contributed by atoms with Crippen LogP contribution < -0.4 is 5.32 Å². The van der Waals surface area contributed by atoms with Gasteiger partial charge in [0.15, 0.2) is 0 Å². The third-order valence-corrected chi connectivity index (χ3v) is 4.92. The van der Waals surface area contributed by atoms with Crippen LogP contribution in [-0.4, -0.2) is 40.4 Å². The number of carboxylic acids is 1. The molecule has 0 spiro atoms. The average molecular weight is 381 g/mol. The highest BCUT2D eigenvalue weighted by Crippen LogP contribution is 2.25. The van der Waals surface area contributed by atoms with Crippen molar-refractivity contribution in [2.24, 2.45) is 0 Å². The number of carbonyl (C=O) groups is 3. The topological polar surface area (TPSA) is 86.7 Å². The standard InChI is InChI=1S/C19H25ClN2O4/c1-13(23)21-17(14-5-7-15(20)8-6-14)12-18(24)22-11-3-2-4-16(22)9-10-19(25)26/h5-8,16-17H,2-4,9-12H2,1H3,(H,21,23)(H,25,26)/t16-,17+/m1/s1. The Kier molecular flexibility index (Phi) is 7.45. The molecule has 0 aliphatic carbocycles. The van der Waals surface area contributed by atoms with Crippen LogP contribution in [0.1, 0.15) is 57.1 Å². The average Bonchev–Trinajstić information content (AvgIpc) is 2.60. The van der Waals surface area contributed by atoms with Crippen LogP contribution in [0, 0.1) is 0 Å². The Bertz CT molecular complexity index is 647. The summed E-state index contributed by atoms with van der Waals surface area (Å²) >= 11 is 5.92. The van der Waals surface area contributed by atoms with Crippen molar-refractivity contribution in [1.82, 2.24) is 10.2 Å². The Morgan fingerprint density at radius 2 is 1.96 bits per heavy atom. The zero-order chi connectivity index (χ0) is 19.1. The zero-order valence-corrected chi connectivity index (χ0v) is 15.7. The Morgan fingerprint density at radius 3 is 2.58 bits per heavy atom. The number of carboxylic acid groups (broad SMARTS) is 1. The third kappa shape index (κ3) is 6.02. The second-order valence-electron chi connectivity index (χ2n) is 6.68. The number of nitrogens with one attached hydrogen (secondary N) is 1. The molecule has 0 unspecified atom stereocenters. The van der Waals surface area contributed by atoms with Crippen molar-refractivity contribution in [2.75, 3.05) is 6.54 Å². The van der Waals surface area contributed by atoms with E-state index in [4.69, 9.17) is 16.7 Å². The summed E-state index contributed by atoms with van der Waals surface area (Å²) in [4.78, 5) is 37.1. The van der Waals surface area contributed by atoms with Crippen LogP contribution >= 0.6 is 11.6 Å². The molecule has 2 amide bonds. The van der Waals surface area contributed by atoms with Crippen molar-refractivity contribution in [3.05, 3.63) is 34.9 Å². The molecule has 2 N–H and O–H groups in total. The molecule has 2 atom stereocenters. The molecule has 1 aliphatic heterocycles. The van der Waals surface area contributed by atoms with E-state index in [2.05, 4.69) is 5.32 Å². The number of carbonyl (C=O) groups excluding carboxylic acids is 2. The number of aliphatic carboxylic acids is 1. The lowest BCUT2D eigenvalue weighted by molar-refractivity contribution is -0.140. The van der Waals surface area contributed by atoms with Gasteiger partial charge < -0.3 is 15.3 Å². The van der Waals surface area contributed by atoms with Crippen LogP contribution in [0.5, 0.6) is 0 Å². The molecular formula is C19H25ClN2O4. The second kappa shape index (κ2) is 9.57. The molecule has 1 aromatic rings. The Balaban J connectivity index is 2.09. The normalized spacial score (nSPS) is 18.2. The third-order valence-electron chi connectivity index (χ3n) is 4.67. The Morgan fingerprint density at radius 1 is 1.27 bits per heavy atom. The number of benzene rings is 1. The van der Waals surface area contributed by atoms with Gasteiger partial charge in [0.2, 0.25) is 11.8 Å². The van der Waals surface area contributed by atoms with E-state index in [-0.39, 0.29) is 30.7 Å². The lowest BCUT2D eigenvalue weighted by Crippen LogP contribution is -2.45. The van der Waals surface area contributed by atoms with Crippen molar-refractivity contribution in [3.63, 3.8) is 0 Å². The molecule has 1 aliphatic rings. The van der Waals surface area contributed by atoms with Crippen LogP contribution in [0.4, 0.5) is 0 Å². The van der Waals surface area contributed by atoms with Crippen molar-refractivity contribution < 1.29 is 19.5 Å². The van der Waals surface area contributed by atoms with E-state index in [1.807, 2.05) is 0 Å². The number of amides is 2. The lowest BCUT2D eigenvalue weighted by atomic mass is 9.96. The first-order valence-corrected chi connectivity index (χ1v) is 9.28. The Hall–Kier alpha value is -2.08. The summed E-state index contributed by atoms with van der Waals surface area (Å²) in [6.45, 7) is 2.06. The highest BCUT2D eigenvalue weighted by molar-refractivity contribution is 6.30. The van der Waals surface area contributed by atoms with Gasteiger partial charge in [0, 0.05) is 31.0 Å². The minimum Gasteiger partial charge on any atom is -0.481 e. The Labute approximate surface area is 158 Å². The number of likely N-dealkylation sites (tertiary alicyclic amines) is 1. The van der Waals surface area contributed by atoms with Gasteiger partial charge in [0.25, 0.3) is 0 Å².